The summed E-state index contributed by atoms with van der Waals surface area (Å²) >= 11 is 0. The van der Waals surface area contributed by atoms with Crippen molar-refractivity contribution in [3.8, 4) is 0 Å². The molecule has 0 aliphatic rings. The van der Waals surface area contributed by atoms with Gasteiger partial charge in [0.1, 0.15) is 5.82 Å². The van der Waals surface area contributed by atoms with Crippen LogP contribution in [0.2, 0.25) is 0 Å². The molecule has 0 spiro atoms. The summed E-state index contributed by atoms with van der Waals surface area (Å²) in [5, 5.41) is 5.03. The molecule has 0 N–H and O–H groups in total. The Morgan fingerprint density at radius 1 is 1.42 bits per heavy atom. The van der Waals surface area contributed by atoms with Crippen LogP contribution in [-0.4, -0.2) is 9.78 Å². The quantitative estimate of drug-likeness (QED) is 0.582. The van der Waals surface area contributed by atoms with Crippen LogP contribution >= 0.6 is 0 Å². The monoisotopic (exact) mass is 164 g/mol. The normalized spacial score (nSPS) is 10.9. The van der Waals surface area contributed by atoms with Crippen molar-refractivity contribution in [3.05, 3.63) is 29.7 Å². The lowest BCUT2D eigenvalue weighted by molar-refractivity contribution is 0.619. The Bertz CT molecular complexity index is 431. The van der Waals surface area contributed by atoms with E-state index >= 15 is 0 Å². The molecule has 0 aliphatic heterocycles. The minimum Gasteiger partial charge on any atom is -0.268 e. The van der Waals surface area contributed by atoms with E-state index in [1.165, 1.54) is 6.07 Å². The molecular weight excluding hydrogens is 155 g/mol. The highest BCUT2D eigenvalue weighted by molar-refractivity contribution is 5.81. The third-order valence-corrected chi connectivity index (χ3v) is 2.09. The molecular formula is C9H9FN2. The van der Waals surface area contributed by atoms with Crippen molar-refractivity contribution in [2.45, 2.75) is 6.92 Å². The lowest BCUT2D eigenvalue weighted by Gasteiger charge is -1.99. The van der Waals surface area contributed by atoms with Gasteiger partial charge in [-0.05, 0) is 19.1 Å². The Morgan fingerprint density at radius 2 is 2.17 bits per heavy atom. The highest BCUT2D eigenvalue weighted by Gasteiger charge is 2.05. The maximum Gasteiger partial charge on any atom is 0.128 e. The van der Waals surface area contributed by atoms with Crippen LogP contribution in [0.5, 0.6) is 0 Å². The summed E-state index contributed by atoms with van der Waals surface area (Å²) in [5.74, 6) is -0.175. The van der Waals surface area contributed by atoms with Gasteiger partial charge in [0.05, 0.1) is 11.7 Å². The van der Waals surface area contributed by atoms with Crippen molar-refractivity contribution >= 4 is 10.9 Å². The highest BCUT2D eigenvalue weighted by Crippen LogP contribution is 2.19. The van der Waals surface area contributed by atoms with Gasteiger partial charge in [-0.2, -0.15) is 5.10 Å². The van der Waals surface area contributed by atoms with Gasteiger partial charge in [-0.25, -0.2) is 4.39 Å². The minimum absolute atomic E-state index is 0.175. The number of nitrogens with zero attached hydrogens (tertiary/aromatic N) is 2. The average molecular weight is 164 g/mol. The van der Waals surface area contributed by atoms with Crippen molar-refractivity contribution in [1.82, 2.24) is 9.78 Å². The number of rotatable bonds is 0. The zero-order valence-corrected chi connectivity index (χ0v) is 7.00. The SMILES string of the molecule is Cc1c(F)ccc2cnn(C)c12. The number of hydrogen-bond acceptors (Lipinski definition) is 1. The molecule has 0 aliphatic carbocycles. The van der Waals surface area contributed by atoms with Crippen LogP contribution in [-0.2, 0) is 7.05 Å². The zero-order valence-electron chi connectivity index (χ0n) is 7.00. The predicted molar refractivity (Wildman–Crippen MR) is 45.4 cm³/mol. The molecule has 2 nitrogen and oxygen atoms in total. The van der Waals surface area contributed by atoms with E-state index in [2.05, 4.69) is 5.10 Å². The van der Waals surface area contributed by atoms with E-state index in [9.17, 15) is 4.39 Å². The molecule has 0 saturated heterocycles. The first-order chi connectivity index (χ1) is 5.70. The molecule has 2 rings (SSSR count). The van der Waals surface area contributed by atoms with Crippen LogP contribution in [0.25, 0.3) is 10.9 Å². The number of aromatic nitrogens is 2. The van der Waals surface area contributed by atoms with E-state index in [1.807, 2.05) is 7.05 Å². The van der Waals surface area contributed by atoms with Crippen LogP contribution in [0, 0.1) is 12.7 Å². The first-order valence-electron chi connectivity index (χ1n) is 3.77. The summed E-state index contributed by atoms with van der Waals surface area (Å²) < 4.78 is 14.8. The molecule has 0 fully saturated rings. The molecule has 1 heterocycles. The van der Waals surface area contributed by atoms with Gasteiger partial charge in [0, 0.05) is 18.0 Å². The van der Waals surface area contributed by atoms with Gasteiger partial charge in [0.25, 0.3) is 0 Å². The lowest BCUT2D eigenvalue weighted by atomic mass is 10.1. The van der Waals surface area contributed by atoms with E-state index in [0.717, 1.165) is 10.9 Å². The van der Waals surface area contributed by atoms with Crippen molar-refractivity contribution < 1.29 is 4.39 Å². The van der Waals surface area contributed by atoms with Crippen LogP contribution in [0.4, 0.5) is 4.39 Å². The zero-order chi connectivity index (χ0) is 8.72. The third kappa shape index (κ3) is 0.826. The first-order valence-corrected chi connectivity index (χ1v) is 3.77. The van der Waals surface area contributed by atoms with Crippen LogP contribution in [0.15, 0.2) is 18.3 Å². The molecule has 0 saturated carbocycles. The van der Waals surface area contributed by atoms with E-state index < -0.39 is 0 Å². The van der Waals surface area contributed by atoms with Gasteiger partial charge in [0.2, 0.25) is 0 Å². The standard InChI is InChI=1S/C9H9FN2/c1-6-8(10)4-3-7-5-11-12(2)9(6)7/h3-5H,1-2H3. The number of halogens is 1. The van der Waals surface area contributed by atoms with Gasteiger partial charge < -0.3 is 0 Å². The summed E-state index contributed by atoms with van der Waals surface area (Å²) in [5.41, 5.74) is 1.53. The summed E-state index contributed by atoms with van der Waals surface area (Å²) in [6.45, 7) is 1.76. The van der Waals surface area contributed by atoms with E-state index in [0.29, 0.717) is 5.56 Å². The van der Waals surface area contributed by atoms with E-state index in [1.54, 1.807) is 23.9 Å². The van der Waals surface area contributed by atoms with Gasteiger partial charge in [-0.1, -0.05) is 0 Å². The third-order valence-electron chi connectivity index (χ3n) is 2.09. The maximum atomic E-state index is 13.1. The average Bonchev–Trinajstić information content (AvgIpc) is 2.41. The fourth-order valence-corrected chi connectivity index (χ4v) is 1.44. The lowest BCUT2D eigenvalue weighted by Crippen LogP contribution is -1.93. The Kier molecular flexibility index (Phi) is 1.40. The van der Waals surface area contributed by atoms with Crippen molar-refractivity contribution in [1.29, 1.82) is 0 Å². The second-order valence-corrected chi connectivity index (χ2v) is 2.88. The summed E-state index contributed by atoms with van der Waals surface area (Å²) in [7, 11) is 1.81. The molecule has 0 radical (unpaired) electrons. The Hall–Kier alpha value is -1.38. The van der Waals surface area contributed by atoms with Crippen molar-refractivity contribution in [3.63, 3.8) is 0 Å². The van der Waals surface area contributed by atoms with Crippen molar-refractivity contribution in [2.24, 2.45) is 7.05 Å². The van der Waals surface area contributed by atoms with Crippen LogP contribution in [0.1, 0.15) is 5.56 Å². The number of fused-ring (bicyclic) bond motifs is 1. The Morgan fingerprint density at radius 3 is 2.92 bits per heavy atom. The molecule has 12 heavy (non-hydrogen) atoms. The fourth-order valence-electron chi connectivity index (χ4n) is 1.44. The largest absolute Gasteiger partial charge is 0.268 e. The van der Waals surface area contributed by atoms with Gasteiger partial charge >= 0.3 is 0 Å². The summed E-state index contributed by atoms with van der Waals surface area (Å²) in [6.07, 6.45) is 1.74. The molecule has 1 aromatic carbocycles. The smallest absolute Gasteiger partial charge is 0.128 e. The first kappa shape index (κ1) is 7.28. The Balaban J connectivity index is 2.96. The maximum absolute atomic E-state index is 13.1. The van der Waals surface area contributed by atoms with Gasteiger partial charge in [-0.3, -0.25) is 4.68 Å². The molecule has 0 bridgehead atoms. The van der Waals surface area contributed by atoms with Crippen LogP contribution in [0.3, 0.4) is 0 Å². The van der Waals surface area contributed by atoms with Gasteiger partial charge in [0.15, 0.2) is 0 Å². The molecule has 62 valence electrons. The topological polar surface area (TPSA) is 17.8 Å². The molecule has 3 heteroatoms. The number of benzene rings is 1. The van der Waals surface area contributed by atoms with E-state index in [4.69, 9.17) is 0 Å². The van der Waals surface area contributed by atoms with E-state index in [-0.39, 0.29) is 5.82 Å². The highest BCUT2D eigenvalue weighted by atomic mass is 19.1. The van der Waals surface area contributed by atoms with Gasteiger partial charge in [-0.15, -0.1) is 0 Å². The molecule has 0 atom stereocenters. The summed E-state index contributed by atoms with van der Waals surface area (Å²) in [6, 6.07) is 3.21. The molecule has 0 unspecified atom stereocenters. The second-order valence-electron chi connectivity index (χ2n) is 2.88. The fraction of sp³-hybridized carbons (Fsp3) is 0.222. The van der Waals surface area contributed by atoms with Crippen LogP contribution < -0.4 is 0 Å². The predicted octanol–water partition coefficient (Wildman–Crippen LogP) is 2.02. The number of aryl methyl sites for hydroxylation is 2. The van der Waals surface area contributed by atoms with Crippen molar-refractivity contribution in [2.75, 3.05) is 0 Å². The molecule has 2 aromatic rings. The molecule has 1 aromatic heterocycles. The Labute approximate surface area is 69.6 Å². The summed E-state index contributed by atoms with van der Waals surface area (Å²) in [4.78, 5) is 0. The minimum atomic E-state index is -0.175. The second kappa shape index (κ2) is 2.30. The molecule has 0 amide bonds. The number of hydrogen-bond donors (Lipinski definition) is 0.